The predicted octanol–water partition coefficient (Wildman–Crippen LogP) is 2.96. The summed E-state index contributed by atoms with van der Waals surface area (Å²) in [6.45, 7) is 3.90. The molecule has 0 radical (unpaired) electrons. The summed E-state index contributed by atoms with van der Waals surface area (Å²) in [5, 5.41) is 15.8. The van der Waals surface area contributed by atoms with Crippen LogP contribution in [0.4, 0.5) is 0 Å². The van der Waals surface area contributed by atoms with Crippen LogP contribution >= 0.6 is 23.1 Å². The molecule has 0 bridgehead atoms. The molecule has 1 unspecified atom stereocenters. The summed E-state index contributed by atoms with van der Waals surface area (Å²) >= 11 is 3.11. The summed E-state index contributed by atoms with van der Waals surface area (Å²) in [4.78, 5) is 16.7. The van der Waals surface area contributed by atoms with Crippen LogP contribution in [0.3, 0.4) is 0 Å². The Labute approximate surface area is 139 Å². The fourth-order valence-corrected chi connectivity index (χ4v) is 3.53. The third kappa shape index (κ3) is 4.56. The predicted molar refractivity (Wildman–Crippen MR) is 93.6 cm³/mol. The Balaban J connectivity index is 2.08. The van der Waals surface area contributed by atoms with Gasteiger partial charge in [0.05, 0.1) is 5.60 Å². The van der Waals surface area contributed by atoms with Gasteiger partial charge in [0.15, 0.2) is 0 Å². The highest BCUT2D eigenvalue weighted by Crippen LogP contribution is 2.24. The largest absolute Gasteiger partial charge is 0.387 e. The van der Waals surface area contributed by atoms with Crippen LogP contribution in [-0.2, 0) is 0 Å². The molecule has 22 heavy (non-hydrogen) atoms. The van der Waals surface area contributed by atoms with Crippen LogP contribution in [0.25, 0.3) is 10.6 Å². The summed E-state index contributed by atoms with van der Waals surface area (Å²) in [5.41, 5.74) is 1.58. The van der Waals surface area contributed by atoms with Gasteiger partial charge in [-0.15, -0.1) is 11.3 Å². The minimum absolute atomic E-state index is 0.184. The molecule has 2 N–H and O–H groups in total. The van der Waals surface area contributed by atoms with E-state index in [1.54, 1.807) is 36.1 Å². The molecule has 0 aliphatic heterocycles. The first-order valence-corrected chi connectivity index (χ1v) is 9.21. The molecule has 0 aliphatic rings. The van der Waals surface area contributed by atoms with Crippen LogP contribution in [0.5, 0.6) is 0 Å². The summed E-state index contributed by atoms with van der Waals surface area (Å²) in [6, 6.07) is 7.39. The number of rotatable bonds is 6. The SMILES string of the molecule is CSCC(C)(O)CNC(=O)c1cccc(-c2nc(C)cs2)c1. The zero-order chi connectivity index (χ0) is 16.2. The van der Waals surface area contributed by atoms with E-state index in [9.17, 15) is 9.90 Å². The number of nitrogens with one attached hydrogen (secondary N) is 1. The minimum Gasteiger partial charge on any atom is -0.387 e. The number of hydrogen-bond donors (Lipinski definition) is 2. The number of aryl methyl sites for hydroxylation is 1. The fourth-order valence-electron chi connectivity index (χ4n) is 2.01. The van der Waals surface area contributed by atoms with Gasteiger partial charge in [-0.2, -0.15) is 11.8 Å². The third-order valence-electron chi connectivity index (χ3n) is 3.08. The topological polar surface area (TPSA) is 62.2 Å². The number of carbonyl (C=O) groups is 1. The standard InChI is InChI=1S/C16H20N2O2S2/c1-11-8-22-15(18-11)13-6-4-5-12(7-13)14(19)17-9-16(2,20)10-21-3/h4-8,20H,9-10H2,1-3H3,(H,17,19). The highest BCUT2D eigenvalue weighted by molar-refractivity contribution is 7.98. The lowest BCUT2D eigenvalue weighted by Crippen LogP contribution is -2.42. The van der Waals surface area contributed by atoms with E-state index in [2.05, 4.69) is 10.3 Å². The second-order valence-electron chi connectivity index (χ2n) is 5.49. The summed E-state index contributed by atoms with van der Waals surface area (Å²) in [6.07, 6.45) is 1.93. The maximum absolute atomic E-state index is 12.2. The molecular weight excluding hydrogens is 316 g/mol. The fraction of sp³-hybridized carbons (Fsp3) is 0.375. The van der Waals surface area contributed by atoms with E-state index in [-0.39, 0.29) is 12.5 Å². The molecule has 4 nitrogen and oxygen atoms in total. The lowest BCUT2D eigenvalue weighted by atomic mass is 10.1. The molecule has 1 atom stereocenters. The first-order valence-electron chi connectivity index (χ1n) is 6.93. The first-order chi connectivity index (χ1) is 10.4. The van der Waals surface area contributed by atoms with Crippen LogP contribution < -0.4 is 5.32 Å². The van der Waals surface area contributed by atoms with Crippen molar-refractivity contribution in [2.24, 2.45) is 0 Å². The van der Waals surface area contributed by atoms with Crippen molar-refractivity contribution in [3.05, 3.63) is 40.9 Å². The summed E-state index contributed by atoms with van der Waals surface area (Å²) in [7, 11) is 0. The maximum Gasteiger partial charge on any atom is 0.251 e. The van der Waals surface area contributed by atoms with Crippen molar-refractivity contribution in [1.82, 2.24) is 10.3 Å². The highest BCUT2D eigenvalue weighted by Gasteiger charge is 2.21. The average molecular weight is 336 g/mol. The van der Waals surface area contributed by atoms with Crippen LogP contribution in [0.2, 0.25) is 0 Å². The molecule has 118 valence electrons. The number of carbonyl (C=O) groups excluding carboxylic acids is 1. The van der Waals surface area contributed by atoms with Gasteiger partial charge in [-0.3, -0.25) is 4.79 Å². The lowest BCUT2D eigenvalue weighted by molar-refractivity contribution is 0.0725. The Morgan fingerprint density at radius 3 is 2.91 bits per heavy atom. The third-order valence-corrected chi connectivity index (χ3v) is 5.00. The second-order valence-corrected chi connectivity index (χ2v) is 7.21. The molecule has 0 spiro atoms. The van der Waals surface area contributed by atoms with Gasteiger partial charge in [0.1, 0.15) is 5.01 Å². The molecule has 1 aromatic carbocycles. The van der Waals surface area contributed by atoms with Crippen molar-refractivity contribution in [3.63, 3.8) is 0 Å². The first kappa shape index (κ1) is 17.0. The number of benzene rings is 1. The monoisotopic (exact) mass is 336 g/mol. The van der Waals surface area contributed by atoms with Crippen molar-refractivity contribution < 1.29 is 9.90 Å². The number of aliphatic hydroxyl groups is 1. The van der Waals surface area contributed by atoms with Gasteiger partial charge < -0.3 is 10.4 Å². The van der Waals surface area contributed by atoms with Gasteiger partial charge in [-0.25, -0.2) is 4.98 Å². The Morgan fingerprint density at radius 2 is 2.27 bits per heavy atom. The summed E-state index contributed by atoms with van der Waals surface area (Å²) in [5.74, 6) is 0.391. The van der Waals surface area contributed by atoms with Crippen molar-refractivity contribution in [3.8, 4) is 10.6 Å². The van der Waals surface area contributed by atoms with E-state index in [1.807, 2.05) is 36.8 Å². The molecule has 6 heteroatoms. The van der Waals surface area contributed by atoms with E-state index in [1.165, 1.54) is 0 Å². The zero-order valence-corrected chi connectivity index (χ0v) is 14.6. The number of thioether (sulfide) groups is 1. The molecule has 1 amide bonds. The molecule has 2 rings (SSSR count). The van der Waals surface area contributed by atoms with E-state index in [0.29, 0.717) is 11.3 Å². The number of amides is 1. The number of nitrogens with zero attached hydrogens (tertiary/aromatic N) is 1. The van der Waals surface area contributed by atoms with Crippen molar-refractivity contribution in [2.45, 2.75) is 19.4 Å². The number of hydrogen-bond acceptors (Lipinski definition) is 5. The zero-order valence-electron chi connectivity index (χ0n) is 12.9. The quantitative estimate of drug-likeness (QED) is 0.851. The second kappa shape index (κ2) is 7.26. The lowest BCUT2D eigenvalue weighted by Gasteiger charge is -2.22. The van der Waals surface area contributed by atoms with Crippen molar-refractivity contribution >= 4 is 29.0 Å². The van der Waals surface area contributed by atoms with Gasteiger partial charge >= 0.3 is 0 Å². The minimum atomic E-state index is -0.904. The normalized spacial score (nSPS) is 13.6. The van der Waals surface area contributed by atoms with E-state index in [0.717, 1.165) is 16.3 Å². The van der Waals surface area contributed by atoms with E-state index >= 15 is 0 Å². The molecule has 0 aliphatic carbocycles. The van der Waals surface area contributed by atoms with Gasteiger partial charge in [-0.1, -0.05) is 12.1 Å². The van der Waals surface area contributed by atoms with E-state index < -0.39 is 5.60 Å². The molecule has 0 saturated heterocycles. The van der Waals surface area contributed by atoms with E-state index in [4.69, 9.17) is 0 Å². The molecule has 1 aromatic heterocycles. The van der Waals surface area contributed by atoms with Crippen molar-refractivity contribution in [2.75, 3.05) is 18.6 Å². The Morgan fingerprint density at radius 1 is 1.50 bits per heavy atom. The van der Waals surface area contributed by atoms with Crippen LogP contribution in [-0.4, -0.2) is 40.2 Å². The molecule has 0 fully saturated rings. The van der Waals surface area contributed by atoms with Crippen LogP contribution in [0, 0.1) is 6.92 Å². The van der Waals surface area contributed by atoms with Gasteiger partial charge in [0.25, 0.3) is 5.91 Å². The number of thiazole rings is 1. The van der Waals surface area contributed by atoms with Crippen LogP contribution in [0.1, 0.15) is 23.0 Å². The maximum atomic E-state index is 12.2. The molecule has 1 heterocycles. The highest BCUT2D eigenvalue weighted by atomic mass is 32.2. The Hall–Kier alpha value is -1.37. The Kier molecular flexibility index (Phi) is 5.61. The summed E-state index contributed by atoms with van der Waals surface area (Å²) < 4.78 is 0. The van der Waals surface area contributed by atoms with Crippen molar-refractivity contribution in [1.29, 1.82) is 0 Å². The smallest absolute Gasteiger partial charge is 0.251 e. The van der Waals surface area contributed by atoms with Gasteiger partial charge in [0, 0.05) is 34.5 Å². The van der Waals surface area contributed by atoms with Gasteiger partial charge in [0.2, 0.25) is 0 Å². The molecule has 2 aromatic rings. The molecule has 0 saturated carbocycles. The van der Waals surface area contributed by atoms with Crippen LogP contribution in [0.15, 0.2) is 29.6 Å². The number of aromatic nitrogens is 1. The molecular formula is C16H20N2O2S2. The van der Waals surface area contributed by atoms with Gasteiger partial charge in [-0.05, 0) is 32.2 Å². The average Bonchev–Trinajstić information content (AvgIpc) is 2.92. The Bertz CT molecular complexity index is 653.